The smallest absolute Gasteiger partial charge is 0.116 e. The van der Waals surface area contributed by atoms with Crippen LogP contribution in [0.1, 0.15) is 5.56 Å². The number of aromatic nitrogens is 4. The van der Waals surface area contributed by atoms with E-state index in [0.717, 1.165) is 11.0 Å². The quantitative estimate of drug-likeness (QED) is 0.691. The first-order valence-electron chi connectivity index (χ1n) is 5.16. The predicted molar refractivity (Wildman–Crippen MR) is 68.2 cm³/mol. The Bertz CT molecular complexity index is 556. The summed E-state index contributed by atoms with van der Waals surface area (Å²) in [6.07, 6.45) is 6.68. The number of H-pyrrole nitrogens is 1. The van der Waals surface area contributed by atoms with Gasteiger partial charge in [-0.3, -0.25) is 5.10 Å². The molecule has 4 nitrogen and oxygen atoms in total. The Morgan fingerprint density at radius 3 is 2.59 bits per heavy atom. The summed E-state index contributed by atoms with van der Waals surface area (Å²) in [6, 6.07) is 10.0. The van der Waals surface area contributed by atoms with Gasteiger partial charge < -0.3 is 0 Å². The lowest BCUT2D eigenvalue weighted by Gasteiger charge is -1.85. The second-order valence-corrected chi connectivity index (χ2v) is 3.31. The van der Waals surface area contributed by atoms with Crippen molar-refractivity contribution in [1.29, 1.82) is 0 Å². The van der Waals surface area contributed by atoms with E-state index in [1.165, 1.54) is 11.9 Å². The number of aromatic amines is 1. The molecule has 0 radical (unpaired) electrons. The average molecular weight is 224 g/mol. The molecule has 3 aromatic rings. The number of fused-ring (bicyclic) bond motifs is 1. The Kier molecular flexibility index (Phi) is 3.60. The molecule has 3 rings (SSSR count). The molecule has 0 unspecified atom stereocenters. The number of nitrogens with one attached hydrogen (secondary N) is 1. The highest BCUT2D eigenvalue weighted by atomic mass is 15.1. The highest BCUT2D eigenvalue weighted by molar-refractivity contribution is 5.71. The SMILES string of the molecule is C=Cc1ccccc1.c1ncc2[nH]ncc2n1. The van der Waals surface area contributed by atoms with Crippen LogP contribution in [0.25, 0.3) is 17.1 Å². The molecule has 0 saturated carbocycles. The van der Waals surface area contributed by atoms with Gasteiger partial charge in [0.15, 0.2) is 0 Å². The van der Waals surface area contributed by atoms with Crippen molar-refractivity contribution < 1.29 is 0 Å². The Labute approximate surface area is 99.1 Å². The zero-order chi connectivity index (χ0) is 11.9. The van der Waals surface area contributed by atoms with E-state index in [9.17, 15) is 0 Å². The number of hydrogen-bond donors (Lipinski definition) is 1. The van der Waals surface area contributed by atoms with Crippen LogP contribution >= 0.6 is 0 Å². The highest BCUT2D eigenvalue weighted by Gasteiger charge is 1.90. The summed E-state index contributed by atoms with van der Waals surface area (Å²) in [5.41, 5.74) is 2.90. The molecule has 0 aliphatic heterocycles. The van der Waals surface area contributed by atoms with Crippen LogP contribution in [0.5, 0.6) is 0 Å². The Morgan fingerprint density at radius 1 is 1.12 bits per heavy atom. The normalized spacial score (nSPS) is 9.41. The molecule has 17 heavy (non-hydrogen) atoms. The van der Waals surface area contributed by atoms with E-state index >= 15 is 0 Å². The molecule has 0 atom stereocenters. The van der Waals surface area contributed by atoms with Crippen LogP contribution in [-0.4, -0.2) is 20.2 Å². The monoisotopic (exact) mass is 224 g/mol. The molecule has 0 bridgehead atoms. The first kappa shape index (κ1) is 11.0. The highest BCUT2D eigenvalue weighted by Crippen LogP contribution is 2.01. The molecular weight excluding hydrogens is 212 g/mol. The Hall–Kier alpha value is -2.49. The topological polar surface area (TPSA) is 54.5 Å². The summed E-state index contributed by atoms with van der Waals surface area (Å²) in [6.45, 7) is 3.63. The molecule has 2 heterocycles. The van der Waals surface area contributed by atoms with Crippen LogP contribution in [0.2, 0.25) is 0 Å². The van der Waals surface area contributed by atoms with Gasteiger partial charge in [-0.15, -0.1) is 0 Å². The van der Waals surface area contributed by atoms with Crippen molar-refractivity contribution in [3.8, 4) is 0 Å². The van der Waals surface area contributed by atoms with Crippen molar-refractivity contribution in [3.05, 3.63) is 61.2 Å². The van der Waals surface area contributed by atoms with Gasteiger partial charge in [0.05, 0.1) is 12.4 Å². The van der Waals surface area contributed by atoms with Gasteiger partial charge in [-0.05, 0) is 5.56 Å². The lowest BCUT2D eigenvalue weighted by atomic mass is 10.2. The van der Waals surface area contributed by atoms with E-state index < -0.39 is 0 Å². The number of nitrogens with zero attached hydrogens (tertiary/aromatic N) is 3. The fourth-order valence-corrected chi connectivity index (χ4v) is 1.28. The van der Waals surface area contributed by atoms with Crippen molar-refractivity contribution in [3.63, 3.8) is 0 Å². The third kappa shape index (κ3) is 2.98. The second kappa shape index (κ2) is 5.55. The van der Waals surface area contributed by atoms with Crippen molar-refractivity contribution in [1.82, 2.24) is 20.2 Å². The number of hydrogen-bond acceptors (Lipinski definition) is 3. The molecule has 1 aromatic carbocycles. The number of rotatable bonds is 1. The second-order valence-electron chi connectivity index (χ2n) is 3.31. The lowest BCUT2D eigenvalue weighted by molar-refractivity contribution is 1.11. The zero-order valence-corrected chi connectivity index (χ0v) is 9.24. The van der Waals surface area contributed by atoms with Crippen LogP contribution in [0.4, 0.5) is 0 Å². The van der Waals surface area contributed by atoms with Gasteiger partial charge in [0.25, 0.3) is 0 Å². The molecular formula is C13H12N4. The molecule has 0 amide bonds. The van der Waals surface area contributed by atoms with Crippen LogP contribution in [0, 0.1) is 0 Å². The summed E-state index contributed by atoms with van der Waals surface area (Å²) in [4.78, 5) is 7.74. The van der Waals surface area contributed by atoms with Crippen molar-refractivity contribution in [2.75, 3.05) is 0 Å². The van der Waals surface area contributed by atoms with E-state index in [2.05, 4.69) is 26.7 Å². The Balaban J connectivity index is 0.000000128. The molecule has 0 saturated heterocycles. The standard InChI is InChI=1S/C8H8.C5H4N4/c1-2-8-6-4-3-5-7-8;1-5-4(2-8-9-5)7-3-6-1/h2-7H,1H2;1-3H,(H,8,9). The maximum Gasteiger partial charge on any atom is 0.116 e. The Morgan fingerprint density at radius 2 is 1.94 bits per heavy atom. The van der Waals surface area contributed by atoms with Crippen molar-refractivity contribution >= 4 is 17.1 Å². The third-order valence-electron chi connectivity index (χ3n) is 2.15. The molecule has 2 aromatic heterocycles. The summed E-state index contributed by atoms with van der Waals surface area (Å²) in [7, 11) is 0. The summed E-state index contributed by atoms with van der Waals surface area (Å²) in [5.74, 6) is 0. The molecule has 0 spiro atoms. The number of benzene rings is 1. The minimum absolute atomic E-state index is 0.852. The first-order valence-corrected chi connectivity index (χ1v) is 5.16. The van der Waals surface area contributed by atoms with E-state index in [4.69, 9.17) is 0 Å². The lowest BCUT2D eigenvalue weighted by Crippen LogP contribution is -1.74. The minimum Gasteiger partial charge on any atom is -0.275 e. The molecule has 84 valence electrons. The van der Waals surface area contributed by atoms with E-state index in [1.807, 2.05) is 36.4 Å². The van der Waals surface area contributed by atoms with Crippen molar-refractivity contribution in [2.45, 2.75) is 0 Å². The average Bonchev–Trinajstić information content (AvgIpc) is 2.89. The predicted octanol–water partition coefficient (Wildman–Crippen LogP) is 2.68. The maximum atomic E-state index is 3.94. The summed E-state index contributed by atoms with van der Waals surface area (Å²) in [5, 5.41) is 6.52. The molecule has 0 aliphatic rings. The molecule has 0 aliphatic carbocycles. The van der Waals surface area contributed by atoms with Gasteiger partial charge in [-0.2, -0.15) is 5.10 Å². The van der Waals surface area contributed by atoms with E-state index in [0.29, 0.717) is 0 Å². The van der Waals surface area contributed by atoms with Gasteiger partial charge in [-0.25, -0.2) is 9.97 Å². The summed E-state index contributed by atoms with van der Waals surface area (Å²) >= 11 is 0. The first-order chi connectivity index (χ1) is 8.40. The summed E-state index contributed by atoms with van der Waals surface area (Å²) < 4.78 is 0. The maximum absolute atomic E-state index is 3.94. The minimum atomic E-state index is 0.852. The van der Waals surface area contributed by atoms with Crippen LogP contribution < -0.4 is 0 Å². The fourth-order valence-electron chi connectivity index (χ4n) is 1.28. The zero-order valence-electron chi connectivity index (χ0n) is 9.24. The third-order valence-corrected chi connectivity index (χ3v) is 2.15. The molecule has 4 heteroatoms. The molecule has 0 fully saturated rings. The van der Waals surface area contributed by atoms with E-state index in [1.54, 1.807) is 12.4 Å². The van der Waals surface area contributed by atoms with Gasteiger partial charge in [0.1, 0.15) is 17.4 Å². The molecule has 1 N–H and O–H groups in total. The van der Waals surface area contributed by atoms with Gasteiger partial charge in [-0.1, -0.05) is 43.0 Å². The van der Waals surface area contributed by atoms with Crippen LogP contribution in [0.3, 0.4) is 0 Å². The van der Waals surface area contributed by atoms with E-state index in [-0.39, 0.29) is 0 Å². The van der Waals surface area contributed by atoms with Crippen LogP contribution in [0.15, 0.2) is 55.6 Å². The van der Waals surface area contributed by atoms with Gasteiger partial charge in [0, 0.05) is 0 Å². The van der Waals surface area contributed by atoms with Gasteiger partial charge >= 0.3 is 0 Å². The van der Waals surface area contributed by atoms with Crippen molar-refractivity contribution in [2.24, 2.45) is 0 Å². The van der Waals surface area contributed by atoms with Gasteiger partial charge in [0.2, 0.25) is 0 Å². The fraction of sp³-hybridized carbons (Fsp3) is 0. The largest absolute Gasteiger partial charge is 0.275 e. The van der Waals surface area contributed by atoms with Crippen LogP contribution in [-0.2, 0) is 0 Å².